The average molecular weight is 308 g/mol. The van der Waals surface area contributed by atoms with Crippen LogP contribution >= 0.6 is 11.3 Å². The second-order valence-electron chi connectivity index (χ2n) is 5.96. The Kier molecular flexibility index (Phi) is 5.96. The zero-order valence-corrected chi connectivity index (χ0v) is 13.6. The van der Waals surface area contributed by atoms with E-state index in [1.54, 1.807) is 17.4 Å². The second kappa shape index (κ2) is 7.73. The van der Waals surface area contributed by atoms with Gasteiger partial charge < -0.3 is 14.9 Å². The number of carboxylic acid groups (broad SMARTS) is 1. The minimum absolute atomic E-state index is 0.803. The van der Waals surface area contributed by atoms with Gasteiger partial charge in [0.15, 0.2) is 0 Å². The first-order valence-corrected chi connectivity index (χ1v) is 8.26. The van der Waals surface area contributed by atoms with Gasteiger partial charge in [-0.2, -0.15) is 0 Å². The molecule has 5 heteroatoms. The van der Waals surface area contributed by atoms with Crippen molar-refractivity contribution >= 4 is 23.4 Å². The highest BCUT2D eigenvalue weighted by Gasteiger charge is 2.18. The maximum absolute atomic E-state index is 10.5. The van der Waals surface area contributed by atoms with E-state index in [0.29, 0.717) is 0 Å². The topological polar surface area (TPSA) is 43.8 Å². The third kappa shape index (κ3) is 5.61. The maximum atomic E-state index is 10.5. The van der Waals surface area contributed by atoms with Crippen molar-refractivity contribution in [1.29, 1.82) is 0 Å². The van der Waals surface area contributed by atoms with E-state index in [0.717, 1.165) is 24.6 Å². The van der Waals surface area contributed by atoms with Crippen LogP contribution in [0.2, 0.25) is 0 Å². The first-order chi connectivity index (χ1) is 10.0. The summed E-state index contributed by atoms with van der Waals surface area (Å²) in [6.45, 7) is 4.51. The van der Waals surface area contributed by atoms with Gasteiger partial charge in [0.25, 0.3) is 0 Å². The standard InChI is InChI=1S/C16H24N2O2S/c1-17-7-5-13(6-8-17)10-18(2)11-15-9-14(12-21-15)3-4-16(19)20/h3-4,9,12-13H,5-8,10-11H2,1-2H3,(H,19,20). The summed E-state index contributed by atoms with van der Waals surface area (Å²) in [6.07, 6.45) is 5.42. The fourth-order valence-electron chi connectivity index (χ4n) is 2.75. The van der Waals surface area contributed by atoms with Gasteiger partial charge in [-0.05, 0) is 69.0 Å². The van der Waals surface area contributed by atoms with Gasteiger partial charge in [0, 0.05) is 24.0 Å². The van der Waals surface area contributed by atoms with Gasteiger partial charge in [-0.25, -0.2) is 4.79 Å². The Bertz CT molecular complexity index is 490. The van der Waals surface area contributed by atoms with E-state index < -0.39 is 5.97 Å². The minimum atomic E-state index is -0.901. The lowest BCUT2D eigenvalue weighted by Gasteiger charge is -2.31. The molecule has 0 unspecified atom stereocenters. The van der Waals surface area contributed by atoms with Gasteiger partial charge in [0.2, 0.25) is 0 Å². The summed E-state index contributed by atoms with van der Waals surface area (Å²) < 4.78 is 0. The number of nitrogens with zero attached hydrogens (tertiary/aromatic N) is 2. The zero-order valence-electron chi connectivity index (χ0n) is 12.8. The summed E-state index contributed by atoms with van der Waals surface area (Å²) in [5.41, 5.74) is 0.977. The summed E-state index contributed by atoms with van der Waals surface area (Å²) in [5.74, 6) is -0.0975. The molecule has 4 nitrogen and oxygen atoms in total. The molecule has 1 N–H and O–H groups in total. The predicted octanol–water partition coefficient (Wildman–Crippen LogP) is 2.62. The molecule has 0 atom stereocenters. The first kappa shape index (κ1) is 16.2. The summed E-state index contributed by atoms with van der Waals surface area (Å²) in [7, 11) is 4.36. The Morgan fingerprint density at radius 2 is 2.24 bits per heavy atom. The van der Waals surface area contributed by atoms with E-state index >= 15 is 0 Å². The summed E-state index contributed by atoms with van der Waals surface area (Å²) >= 11 is 1.70. The third-order valence-corrected chi connectivity index (χ3v) is 4.87. The lowest BCUT2D eigenvalue weighted by molar-refractivity contribution is -0.131. The molecule has 0 aromatic carbocycles. The Labute approximate surface area is 130 Å². The molecule has 1 aliphatic heterocycles. The van der Waals surface area contributed by atoms with E-state index in [4.69, 9.17) is 5.11 Å². The lowest BCUT2D eigenvalue weighted by atomic mass is 9.97. The van der Waals surface area contributed by atoms with Gasteiger partial charge in [-0.15, -0.1) is 11.3 Å². The number of piperidine rings is 1. The third-order valence-electron chi connectivity index (χ3n) is 3.93. The highest BCUT2D eigenvalue weighted by molar-refractivity contribution is 7.10. The van der Waals surface area contributed by atoms with E-state index in [1.807, 2.05) is 5.38 Å². The van der Waals surface area contributed by atoms with E-state index in [9.17, 15) is 4.79 Å². The summed E-state index contributed by atoms with van der Waals surface area (Å²) in [4.78, 5) is 16.6. The Morgan fingerprint density at radius 3 is 2.90 bits per heavy atom. The van der Waals surface area contributed by atoms with Gasteiger partial charge in [-0.1, -0.05) is 0 Å². The number of hydrogen-bond donors (Lipinski definition) is 1. The highest BCUT2D eigenvalue weighted by Crippen LogP contribution is 2.20. The SMILES string of the molecule is CN1CCC(CN(C)Cc2cc(C=CC(=O)O)cs2)CC1. The Morgan fingerprint density at radius 1 is 1.52 bits per heavy atom. The van der Waals surface area contributed by atoms with Crippen molar-refractivity contribution in [2.24, 2.45) is 5.92 Å². The molecule has 1 aliphatic rings. The average Bonchev–Trinajstić information content (AvgIpc) is 2.86. The van der Waals surface area contributed by atoms with Gasteiger partial charge >= 0.3 is 5.97 Å². The van der Waals surface area contributed by atoms with Crippen molar-refractivity contribution in [3.8, 4) is 0 Å². The Hall–Kier alpha value is -1.17. The van der Waals surface area contributed by atoms with Crippen LogP contribution in [0.15, 0.2) is 17.5 Å². The number of likely N-dealkylation sites (tertiary alicyclic amines) is 1. The largest absolute Gasteiger partial charge is 0.478 e. The number of rotatable bonds is 6. The van der Waals surface area contributed by atoms with Crippen molar-refractivity contribution < 1.29 is 9.90 Å². The molecule has 1 aromatic heterocycles. The fourth-order valence-corrected chi connectivity index (χ4v) is 3.68. The molecule has 1 aromatic rings. The van der Waals surface area contributed by atoms with Crippen molar-refractivity contribution in [2.75, 3.05) is 33.7 Å². The fraction of sp³-hybridized carbons (Fsp3) is 0.562. The van der Waals surface area contributed by atoms with Crippen LogP contribution in [-0.4, -0.2) is 54.6 Å². The van der Waals surface area contributed by atoms with Crippen LogP contribution in [0.3, 0.4) is 0 Å². The smallest absolute Gasteiger partial charge is 0.328 e. The van der Waals surface area contributed by atoms with E-state index in [2.05, 4.69) is 30.0 Å². The van der Waals surface area contributed by atoms with Crippen LogP contribution in [0.4, 0.5) is 0 Å². The molecule has 2 heterocycles. The van der Waals surface area contributed by atoms with Crippen LogP contribution in [0.5, 0.6) is 0 Å². The van der Waals surface area contributed by atoms with Crippen LogP contribution in [0, 0.1) is 5.92 Å². The summed E-state index contributed by atoms with van der Waals surface area (Å²) in [5, 5.41) is 10.6. The van der Waals surface area contributed by atoms with Gasteiger partial charge in [0.1, 0.15) is 0 Å². The van der Waals surface area contributed by atoms with Crippen molar-refractivity contribution in [3.05, 3.63) is 28.0 Å². The van der Waals surface area contributed by atoms with E-state index in [-0.39, 0.29) is 0 Å². The van der Waals surface area contributed by atoms with Crippen molar-refractivity contribution in [2.45, 2.75) is 19.4 Å². The molecule has 0 saturated carbocycles. The van der Waals surface area contributed by atoms with Crippen LogP contribution in [0.25, 0.3) is 6.08 Å². The molecule has 1 saturated heterocycles. The normalized spacial score (nSPS) is 17.9. The summed E-state index contributed by atoms with van der Waals surface area (Å²) in [6, 6.07) is 2.08. The van der Waals surface area contributed by atoms with Crippen LogP contribution in [-0.2, 0) is 11.3 Å². The second-order valence-corrected chi connectivity index (χ2v) is 6.96. The number of carboxylic acids is 1. The van der Waals surface area contributed by atoms with Crippen molar-refractivity contribution in [3.63, 3.8) is 0 Å². The van der Waals surface area contributed by atoms with Gasteiger partial charge in [0.05, 0.1) is 0 Å². The number of thiophene rings is 1. The van der Waals surface area contributed by atoms with E-state index in [1.165, 1.54) is 36.9 Å². The first-order valence-electron chi connectivity index (χ1n) is 7.38. The number of carbonyl (C=O) groups is 1. The lowest BCUT2D eigenvalue weighted by Crippen LogP contribution is -2.35. The molecule has 0 aliphatic carbocycles. The maximum Gasteiger partial charge on any atom is 0.328 e. The van der Waals surface area contributed by atoms with Gasteiger partial charge in [-0.3, -0.25) is 0 Å². The molecule has 0 spiro atoms. The molecule has 0 bridgehead atoms. The minimum Gasteiger partial charge on any atom is -0.478 e. The molecule has 21 heavy (non-hydrogen) atoms. The molecular weight excluding hydrogens is 284 g/mol. The molecular formula is C16H24N2O2S. The molecule has 2 rings (SSSR count). The molecule has 0 amide bonds. The molecule has 116 valence electrons. The Balaban J connectivity index is 1.79. The predicted molar refractivity (Wildman–Crippen MR) is 87.5 cm³/mol. The molecule has 0 radical (unpaired) electrons. The van der Waals surface area contributed by atoms with Crippen molar-refractivity contribution in [1.82, 2.24) is 9.80 Å². The number of hydrogen-bond acceptors (Lipinski definition) is 4. The zero-order chi connectivity index (χ0) is 15.2. The highest BCUT2D eigenvalue weighted by atomic mass is 32.1. The molecule has 1 fully saturated rings. The quantitative estimate of drug-likeness (QED) is 0.821. The number of aliphatic carboxylic acids is 1. The monoisotopic (exact) mass is 308 g/mol. The van der Waals surface area contributed by atoms with Crippen LogP contribution < -0.4 is 0 Å². The van der Waals surface area contributed by atoms with Crippen LogP contribution in [0.1, 0.15) is 23.3 Å².